The molecular formula is C29H33Cl2FN8O. The highest BCUT2D eigenvalue weighted by Crippen LogP contribution is 2.44. The van der Waals surface area contributed by atoms with Crippen LogP contribution in [-0.4, -0.2) is 94.3 Å². The van der Waals surface area contributed by atoms with Crippen LogP contribution < -0.4 is 9.80 Å². The zero-order valence-corrected chi connectivity index (χ0v) is 25.5. The molecule has 2 saturated heterocycles. The number of aromatic nitrogens is 4. The Morgan fingerprint density at radius 3 is 2.49 bits per heavy atom. The van der Waals surface area contributed by atoms with Crippen molar-refractivity contribution in [2.24, 2.45) is 0 Å². The van der Waals surface area contributed by atoms with Crippen LogP contribution in [0.2, 0.25) is 10.2 Å². The molecule has 41 heavy (non-hydrogen) atoms. The lowest BCUT2D eigenvalue weighted by molar-refractivity contribution is -0.131. The average Bonchev–Trinajstić information content (AvgIpc) is 3.25. The second-order valence-corrected chi connectivity index (χ2v) is 12.3. The van der Waals surface area contributed by atoms with E-state index in [-0.39, 0.29) is 34.1 Å². The molecule has 2 aliphatic heterocycles. The number of likely N-dealkylation sites (N-methyl/N-ethyl adjacent to an activating group) is 1. The molecule has 4 aromatic rings. The lowest BCUT2D eigenvalue weighted by Gasteiger charge is -2.45. The summed E-state index contributed by atoms with van der Waals surface area (Å²) in [5, 5.41) is 8.75. The summed E-state index contributed by atoms with van der Waals surface area (Å²) in [6.45, 7) is 10.1. The fourth-order valence-corrected chi connectivity index (χ4v) is 6.58. The van der Waals surface area contributed by atoms with Gasteiger partial charge in [0, 0.05) is 73.1 Å². The third-order valence-electron chi connectivity index (χ3n) is 8.52. The van der Waals surface area contributed by atoms with E-state index >= 15 is 4.39 Å². The molecule has 0 unspecified atom stereocenters. The van der Waals surface area contributed by atoms with Crippen LogP contribution in [-0.2, 0) is 4.79 Å². The van der Waals surface area contributed by atoms with Gasteiger partial charge in [0.15, 0.2) is 5.82 Å². The lowest BCUT2D eigenvalue weighted by atomic mass is 9.95. The SMILES string of the molecule is CC(=O)N1C[C@H](C)N(c2nc(N3CC(N(C)C)C3)nc3c(F)c(-c4c(C)ccc5n[nH]c(Cl)c45)c(Cl)cc23)C[C@H]1C. The van der Waals surface area contributed by atoms with Crippen LogP contribution in [0, 0.1) is 12.7 Å². The Labute approximate surface area is 248 Å². The number of aromatic amines is 1. The van der Waals surface area contributed by atoms with E-state index in [1.54, 1.807) is 13.0 Å². The molecular weight excluding hydrogens is 566 g/mol. The molecule has 9 nitrogen and oxygen atoms in total. The van der Waals surface area contributed by atoms with E-state index in [0.29, 0.717) is 57.9 Å². The quantitative estimate of drug-likeness (QED) is 0.349. The zero-order chi connectivity index (χ0) is 29.3. The summed E-state index contributed by atoms with van der Waals surface area (Å²) in [6, 6.07) is 5.76. The zero-order valence-electron chi connectivity index (χ0n) is 24.0. The Morgan fingerprint density at radius 2 is 1.80 bits per heavy atom. The number of H-pyrrole nitrogens is 1. The van der Waals surface area contributed by atoms with Crippen LogP contribution in [0.4, 0.5) is 16.2 Å². The molecule has 6 rings (SSSR count). The third-order valence-corrected chi connectivity index (χ3v) is 9.10. The van der Waals surface area contributed by atoms with Gasteiger partial charge in [0.05, 0.1) is 10.5 Å². The minimum absolute atomic E-state index is 0.0359. The minimum Gasteiger partial charge on any atom is -0.349 e. The van der Waals surface area contributed by atoms with Crippen LogP contribution >= 0.6 is 23.2 Å². The number of hydrogen-bond acceptors (Lipinski definition) is 7. The Kier molecular flexibility index (Phi) is 6.99. The van der Waals surface area contributed by atoms with Gasteiger partial charge in [-0.3, -0.25) is 9.89 Å². The van der Waals surface area contributed by atoms with Crippen molar-refractivity contribution in [3.05, 3.63) is 39.8 Å². The number of rotatable bonds is 4. The third kappa shape index (κ3) is 4.56. The number of anilines is 2. The van der Waals surface area contributed by atoms with Crippen molar-refractivity contribution >= 4 is 62.7 Å². The van der Waals surface area contributed by atoms with E-state index in [4.69, 9.17) is 33.2 Å². The van der Waals surface area contributed by atoms with E-state index < -0.39 is 5.82 Å². The monoisotopic (exact) mass is 598 g/mol. The molecule has 216 valence electrons. The predicted octanol–water partition coefficient (Wildman–Crippen LogP) is 5.12. The maximum atomic E-state index is 16.9. The van der Waals surface area contributed by atoms with Gasteiger partial charge in [0.2, 0.25) is 11.9 Å². The fraction of sp³-hybridized carbons (Fsp3) is 0.448. The standard InChI is InChI=1S/C29H33Cl2FN8O/c1-14-7-8-21-24(27(31)36-35-21)22(14)23-20(30)9-19-26(25(23)32)33-29(38-12-18(13-38)37(5)6)34-28(19)40-11-15(2)39(17(4)41)10-16(40)3/h7-9,15-16,18H,10-13H2,1-6H3,(H,35,36)/t15-,16+/m1/s1. The van der Waals surface area contributed by atoms with Gasteiger partial charge in [0.1, 0.15) is 16.5 Å². The highest BCUT2D eigenvalue weighted by atomic mass is 35.5. The number of aryl methyl sites for hydroxylation is 1. The molecule has 2 aromatic heterocycles. The molecule has 0 saturated carbocycles. The van der Waals surface area contributed by atoms with E-state index in [0.717, 1.165) is 18.7 Å². The molecule has 1 N–H and O–H groups in total. The molecule has 4 heterocycles. The van der Waals surface area contributed by atoms with Crippen molar-refractivity contribution < 1.29 is 9.18 Å². The summed E-state index contributed by atoms with van der Waals surface area (Å²) in [5.74, 6) is 0.596. The van der Waals surface area contributed by atoms with Crippen molar-refractivity contribution in [3.63, 3.8) is 0 Å². The highest BCUT2D eigenvalue weighted by Gasteiger charge is 2.36. The first kappa shape index (κ1) is 27.9. The van der Waals surface area contributed by atoms with Crippen molar-refractivity contribution in [3.8, 4) is 11.1 Å². The molecule has 0 aliphatic carbocycles. The van der Waals surface area contributed by atoms with Crippen molar-refractivity contribution in [2.45, 2.75) is 45.8 Å². The molecule has 12 heteroatoms. The Morgan fingerprint density at radius 1 is 1.07 bits per heavy atom. The number of carbonyl (C=O) groups is 1. The summed E-state index contributed by atoms with van der Waals surface area (Å²) in [5.41, 5.74) is 2.45. The maximum absolute atomic E-state index is 16.9. The number of nitrogens with one attached hydrogen (secondary N) is 1. The van der Waals surface area contributed by atoms with E-state index in [1.807, 2.05) is 45.0 Å². The molecule has 0 bridgehead atoms. The Hall–Kier alpha value is -3.21. The number of nitrogens with zero attached hydrogens (tertiary/aromatic N) is 7. The first-order valence-electron chi connectivity index (χ1n) is 13.7. The van der Waals surface area contributed by atoms with Crippen molar-refractivity contribution in [2.75, 3.05) is 50.1 Å². The Balaban J connectivity index is 1.57. The number of halogens is 3. The van der Waals surface area contributed by atoms with E-state index in [1.165, 1.54) is 0 Å². The number of carbonyl (C=O) groups excluding carboxylic acids is 1. The van der Waals surface area contributed by atoms with Gasteiger partial charge in [-0.25, -0.2) is 9.37 Å². The summed E-state index contributed by atoms with van der Waals surface area (Å²) >= 11 is 13.4. The number of amides is 1. The van der Waals surface area contributed by atoms with Gasteiger partial charge in [-0.15, -0.1) is 0 Å². The van der Waals surface area contributed by atoms with Crippen LogP contribution in [0.25, 0.3) is 32.9 Å². The maximum Gasteiger partial charge on any atom is 0.228 e. The number of hydrogen-bond donors (Lipinski definition) is 1. The molecule has 0 radical (unpaired) electrons. The van der Waals surface area contributed by atoms with Gasteiger partial charge in [0.25, 0.3) is 0 Å². The second-order valence-electron chi connectivity index (χ2n) is 11.5. The highest BCUT2D eigenvalue weighted by molar-refractivity contribution is 6.37. The molecule has 2 atom stereocenters. The molecule has 2 aliphatic rings. The summed E-state index contributed by atoms with van der Waals surface area (Å²) in [7, 11) is 4.09. The van der Waals surface area contributed by atoms with Gasteiger partial charge < -0.3 is 19.6 Å². The van der Waals surface area contributed by atoms with Crippen molar-refractivity contribution in [1.29, 1.82) is 0 Å². The first-order valence-corrected chi connectivity index (χ1v) is 14.5. The first-order chi connectivity index (χ1) is 19.5. The van der Waals surface area contributed by atoms with Gasteiger partial charge in [-0.05, 0) is 52.6 Å². The van der Waals surface area contributed by atoms with Crippen LogP contribution in [0.3, 0.4) is 0 Å². The minimum atomic E-state index is -0.530. The summed E-state index contributed by atoms with van der Waals surface area (Å²) in [4.78, 5) is 30.3. The normalized spacial score (nSPS) is 20.0. The molecule has 1 amide bonds. The van der Waals surface area contributed by atoms with Gasteiger partial charge >= 0.3 is 0 Å². The smallest absolute Gasteiger partial charge is 0.228 e. The lowest BCUT2D eigenvalue weighted by Crippen LogP contribution is -2.59. The second kappa shape index (κ2) is 10.3. The number of fused-ring (bicyclic) bond motifs is 2. The summed E-state index contributed by atoms with van der Waals surface area (Å²) < 4.78 is 16.9. The molecule has 0 spiro atoms. The van der Waals surface area contributed by atoms with Crippen LogP contribution in [0.15, 0.2) is 18.2 Å². The molecule has 2 aromatic carbocycles. The van der Waals surface area contributed by atoms with Crippen LogP contribution in [0.1, 0.15) is 26.3 Å². The predicted molar refractivity (Wildman–Crippen MR) is 163 cm³/mol. The van der Waals surface area contributed by atoms with Crippen molar-refractivity contribution in [1.82, 2.24) is 30.0 Å². The molecule has 2 fully saturated rings. The van der Waals surface area contributed by atoms with Gasteiger partial charge in [-0.2, -0.15) is 10.1 Å². The largest absolute Gasteiger partial charge is 0.349 e. The summed E-state index contributed by atoms with van der Waals surface area (Å²) in [6.07, 6.45) is 0. The van der Waals surface area contributed by atoms with E-state index in [2.05, 4.69) is 31.8 Å². The van der Waals surface area contributed by atoms with Gasteiger partial charge in [-0.1, -0.05) is 29.3 Å². The van der Waals surface area contributed by atoms with E-state index in [9.17, 15) is 4.79 Å². The van der Waals surface area contributed by atoms with Crippen LogP contribution in [0.5, 0.6) is 0 Å². The Bertz CT molecular complexity index is 1690. The topological polar surface area (TPSA) is 84.5 Å². The fourth-order valence-electron chi connectivity index (χ4n) is 6.06. The number of benzene rings is 2. The average molecular weight is 600 g/mol. The number of piperazine rings is 1.